The van der Waals surface area contributed by atoms with E-state index in [0.717, 1.165) is 5.56 Å². The lowest BCUT2D eigenvalue weighted by molar-refractivity contribution is -0.127. The molecule has 0 unspecified atom stereocenters. The molecule has 36 heavy (non-hydrogen) atoms. The van der Waals surface area contributed by atoms with Crippen LogP contribution in [0.5, 0.6) is 0 Å². The minimum Gasteiger partial charge on any atom is -0.508 e. The summed E-state index contributed by atoms with van der Waals surface area (Å²) in [4.78, 5) is 29.7. The second-order valence-electron chi connectivity index (χ2n) is 8.65. The first-order valence-corrected chi connectivity index (χ1v) is 11.8. The maximum atomic E-state index is 12.0. The fourth-order valence-corrected chi connectivity index (χ4v) is 4.54. The topological polar surface area (TPSA) is 90.1 Å². The number of benzene rings is 2. The van der Waals surface area contributed by atoms with E-state index in [4.69, 9.17) is 9.73 Å². The summed E-state index contributed by atoms with van der Waals surface area (Å²) in [7, 11) is 1.51. The molecular formula is C28H31N5O3. The van der Waals surface area contributed by atoms with E-state index in [0.29, 0.717) is 49.7 Å². The maximum absolute atomic E-state index is 12.0. The summed E-state index contributed by atoms with van der Waals surface area (Å²) in [6, 6.07) is 12.7. The summed E-state index contributed by atoms with van der Waals surface area (Å²) in [5.41, 5.74) is 3.48. The molecule has 0 aliphatic carbocycles. The van der Waals surface area contributed by atoms with Crippen molar-refractivity contribution in [2.45, 2.75) is 13.5 Å². The Morgan fingerprint density at radius 3 is 2.58 bits per heavy atom. The van der Waals surface area contributed by atoms with Gasteiger partial charge in [0.05, 0.1) is 20.2 Å². The van der Waals surface area contributed by atoms with Crippen LogP contribution >= 0.6 is 0 Å². The number of ether oxygens (including phenoxy) is 1. The molecular weight excluding hydrogens is 454 g/mol. The smallest absolute Gasteiger partial charge is 0.313 e. The average Bonchev–Trinajstić information content (AvgIpc) is 3.08. The summed E-state index contributed by atoms with van der Waals surface area (Å²) in [5.74, 6) is 0.400. The molecule has 1 amide bonds. The summed E-state index contributed by atoms with van der Waals surface area (Å²) in [6.45, 7) is 12.2. The minimum atomic E-state index is -0.0938. The Kier molecular flexibility index (Phi) is 7.63. The van der Waals surface area contributed by atoms with Crippen LogP contribution in [0.3, 0.4) is 0 Å². The molecule has 0 spiro atoms. The predicted molar refractivity (Wildman–Crippen MR) is 145 cm³/mol. The molecule has 2 aliphatic rings. The summed E-state index contributed by atoms with van der Waals surface area (Å²) in [6.07, 6.45) is 3.07. The van der Waals surface area contributed by atoms with E-state index >= 15 is 0 Å². The number of rotatable bonds is 5. The number of piperazine rings is 1. The summed E-state index contributed by atoms with van der Waals surface area (Å²) >= 11 is 0. The first-order chi connectivity index (χ1) is 17.4. The van der Waals surface area contributed by atoms with Gasteiger partial charge in [-0.3, -0.25) is 9.79 Å². The van der Waals surface area contributed by atoms with Crippen molar-refractivity contribution in [3.8, 4) is 0 Å². The minimum absolute atomic E-state index is 0.0910. The van der Waals surface area contributed by atoms with Crippen molar-refractivity contribution < 1.29 is 14.6 Å². The second kappa shape index (κ2) is 11.0. The zero-order chi connectivity index (χ0) is 25.7. The molecule has 4 rings (SSSR count). The van der Waals surface area contributed by atoms with Crippen molar-refractivity contribution in [1.82, 2.24) is 9.80 Å². The van der Waals surface area contributed by atoms with Crippen LogP contribution in [0.2, 0.25) is 0 Å². The van der Waals surface area contributed by atoms with Gasteiger partial charge in [-0.2, -0.15) is 4.99 Å². The van der Waals surface area contributed by atoms with Crippen LogP contribution < -0.4 is 0 Å². The van der Waals surface area contributed by atoms with Crippen LogP contribution in [0.25, 0.3) is 10.8 Å². The average molecular weight is 486 g/mol. The van der Waals surface area contributed by atoms with Crippen molar-refractivity contribution >= 4 is 34.8 Å². The van der Waals surface area contributed by atoms with Gasteiger partial charge >= 0.3 is 6.02 Å². The third-order valence-electron chi connectivity index (χ3n) is 6.42. The molecule has 2 heterocycles. The fraction of sp³-hybridized carbons (Fsp3) is 0.286. The molecule has 0 atom stereocenters. The van der Waals surface area contributed by atoms with Crippen LogP contribution in [0, 0.1) is 6.92 Å². The Morgan fingerprint density at radius 1 is 1.19 bits per heavy atom. The van der Waals surface area contributed by atoms with Gasteiger partial charge in [0.25, 0.3) is 0 Å². The number of amides is 1. The number of aliphatic hydroxyl groups excluding tert-OH is 1. The quantitative estimate of drug-likeness (QED) is 0.396. The van der Waals surface area contributed by atoms with E-state index in [1.54, 1.807) is 11.1 Å². The van der Waals surface area contributed by atoms with Gasteiger partial charge in [0, 0.05) is 43.5 Å². The maximum Gasteiger partial charge on any atom is 0.313 e. The Morgan fingerprint density at radius 2 is 1.92 bits per heavy atom. The molecule has 0 bridgehead atoms. The van der Waals surface area contributed by atoms with Gasteiger partial charge in [0.1, 0.15) is 11.6 Å². The highest BCUT2D eigenvalue weighted by atomic mass is 16.5. The number of carbonyl (C=O) groups excluding carboxylic acids is 1. The number of carbonyl (C=O) groups is 1. The number of amidine groups is 2. The van der Waals surface area contributed by atoms with Gasteiger partial charge in [-0.05, 0) is 34.9 Å². The van der Waals surface area contributed by atoms with Gasteiger partial charge in [0.15, 0.2) is 0 Å². The van der Waals surface area contributed by atoms with Gasteiger partial charge < -0.3 is 19.6 Å². The van der Waals surface area contributed by atoms with Crippen molar-refractivity contribution in [2.24, 2.45) is 15.0 Å². The molecule has 8 heteroatoms. The van der Waals surface area contributed by atoms with Gasteiger partial charge in [0.2, 0.25) is 5.91 Å². The van der Waals surface area contributed by atoms with Crippen LogP contribution in [-0.4, -0.2) is 78.7 Å². The normalized spacial score (nSPS) is 16.6. The largest absolute Gasteiger partial charge is 0.508 e. The zero-order valence-corrected chi connectivity index (χ0v) is 20.8. The first-order valence-electron chi connectivity index (χ1n) is 11.8. The van der Waals surface area contributed by atoms with Crippen LogP contribution in [-0.2, 0) is 16.1 Å². The van der Waals surface area contributed by atoms with Crippen molar-refractivity contribution in [3.05, 3.63) is 83.7 Å². The Balaban J connectivity index is 1.67. The Labute approximate surface area is 211 Å². The highest BCUT2D eigenvalue weighted by Gasteiger charge is 2.27. The van der Waals surface area contributed by atoms with Crippen LogP contribution in [0.15, 0.2) is 87.5 Å². The van der Waals surface area contributed by atoms with Crippen molar-refractivity contribution in [2.75, 3.05) is 39.8 Å². The molecule has 0 saturated carbocycles. The van der Waals surface area contributed by atoms with Gasteiger partial charge in [-0.15, -0.1) is 0 Å². The van der Waals surface area contributed by atoms with Crippen molar-refractivity contribution in [3.63, 3.8) is 0 Å². The number of methoxy groups -OCH3 is 1. The molecule has 1 saturated heterocycles. The number of hydrogen-bond acceptors (Lipinski definition) is 7. The van der Waals surface area contributed by atoms with E-state index in [1.807, 2.05) is 6.07 Å². The third kappa shape index (κ3) is 5.22. The lowest BCUT2D eigenvalue weighted by atomic mass is 10.00. The third-order valence-corrected chi connectivity index (χ3v) is 6.42. The van der Waals surface area contributed by atoms with Crippen LogP contribution in [0.1, 0.15) is 11.1 Å². The lowest BCUT2D eigenvalue weighted by Gasteiger charge is -2.36. The lowest BCUT2D eigenvalue weighted by Crippen LogP contribution is -2.51. The van der Waals surface area contributed by atoms with E-state index in [1.165, 1.54) is 29.5 Å². The molecule has 186 valence electrons. The number of aryl methyl sites for hydroxylation is 1. The van der Waals surface area contributed by atoms with E-state index < -0.39 is 0 Å². The number of aliphatic imine (C=N–C) groups is 3. The molecule has 0 radical (unpaired) electrons. The Bertz CT molecular complexity index is 1310. The Hall–Kier alpha value is -4.20. The second-order valence-corrected chi connectivity index (χ2v) is 8.65. The monoisotopic (exact) mass is 485 g/mol. The van der Waals surface area contributed by atoms with E-state index in [-0.39, 0.29) is 24.2 Å². The molecule has 2 aliphatic heterocycles. The molecule has 0 aromatic heterocycles. The summed E-state index contributed by atoms with van der Waals surface area (Å²) < 4.78 is 5.36. The molecule has 2 aromatic rings. The fourth-order valence-electron chi connectivity index (χ4n) is 4.54. The van der Waals surface area contributed by atoms with E-state index in [2.05, 4.69) is 65.3 Å². The molecule has 1 N–H and O–H groups in total. The van der Waals surface area contributed by atoms with Crippen molar-refractivity contribution in [1.29, 1.82) is 0 Å². The van der Waals surface area contributed by atoms with Gasteiger partial charge in [-0.1, -0.05) is 49.6 Å². The summed E-state index contributed by atoms with van der Waals surface area (Å²) in [5, 5.41) is 12.8. The number of hydrogen-bond donors (Lipinski definition) is 1. The standard InChI is InChI=1S/C28H31N5O3/c1-5-25(35)32-12-14-33(15-13-32)27-24(23(20(3)34)18-30-28(31-27)36-4)17-29-16-22-11-7-10-21-9-6-8-19(2)26(21)22/h5-11,17,34H,1,3,12-16,18H2,2,4H3. The highest BCUT2D eigenvalue weighted by molar-refractivity contribution is 6.19. The first kappa shape index (κ1) is 24.9. The number of fused-ring (bicyclic) bond motifs is 1. The number of aliphatic hydroxyl groups is 1. The number of nitrogens with zero attached hydrogens (tertiary/aromatic N) is 5. The molecule has 2 aromatic carbocycles. The predicted octanol–water partition coefficient (Wildman–Crippen LogP) is 3.83. The SMILES string of the molecule is C=CC(=O)N1CCN(C2=NC(OC)=NCC(C(=C)O)=C2C=NCc2cccc3cccc(C)c23)CC1. The molecule has 1 fully saturated rings. The van der Waals surface area contributed by atoms with Gasteiger partial charge in [-0.25, -0.2) is 4.99 Å². The van der Waals surface area contributed by atoms with E-state index in [9.17, 15) is 9.90 Å². The zero-order valence-electron chi connectivity index (χ0n) is 20.8. The highest BCUT2D eigenvalue weighted by Crippen LogP contribution is 2.24. The van der Waals surface area contributed by atoms with Crippen LogP contribution in [0.4, 0.5) is 0 Å². The molecule has 8 nitrogen and oxygen atoms in total.